The normalized spacial score (nSPS) is 11.4. The van der Waals surface area contributed by atoms with Gasteiger partial charge in [0.25, 0.3) is 0 Å². The average molecular weight is 249 g/mol. The van der Waals surface area contributed by atoms with Crippen molar-refractivity contribution in [3.05, 3.63) is 40.0 Å². The van der Waals surface area contributed by atoms with Gasteiger partial charge in [0.1, 0.15) is 0 Å². The minimum atomic E-state index is 0.392. The summed E-state index contributed by atoms with van der Waals surface area (Å²) in [5.74, 6) is 0.392. The summed E-state index contributed by atoms with van der Waals surface area (Å²) in [5.41, 5.74) is 10.0. The molecule has 0 amide bonds. The Morgan fingerprint density at radius 2 is 2.06 bits per heavy atom. The van der Waals surface area contributed by atoms with E-state index in [9.17, 15) is 0 Å². The van der Waals surface area contributed by atoms with E-state index in [1.807, 2.05) is 19.1 Å². The lowest BCUT2D eigenvalue weighted by molar-refractivity contribution is 0.825. The lowest BCUT2D eigenvalue weighted by Crippen LogP contribution is -2.03. The van der Waals surface area contributed by atoms with Crippen LogP contribution in [0.1, 0.15) is 36.6 Å². The van der Waals surface area contributed by atoms with E-state index in [0.717, 1.165) is 32.7 Å². The number of hydrogen-bond donors (Lipinski definition) is 1. The number of benzene rings is 1. The molecule has 0 spiro atoms. The summed E-state index contributed by atoms with van der Waals surface area (Å²) in [7, 11) is 0. The fourth-order valence-corrected chi connectivity index (χ4v) is 2.11. The van der Waals surface area contributed by atoms with E-state index in [1.54, 1.807) is 0 Å². The molecular weight excluding hydrogens is 232 g/mol. The average Bonchev–Trinajstić information content (AvgIpc) is 2.32. The van der Waals surface area contributed by atoms with Gasteiger partial charge in [0, 0.05) is 22.6 Å². The van der Waals surface area contributed by atoms with Crippen molar-refractivity contribution >= 4 is 22.5 Å². The summed E-state index contributed by atoms with van der Waals surface area (Å²) in [6.45, 7) is 6.80. The van der Waals surface area contributed by atoms with Crippen LogP contribution in [0.2, 0.25) is 5.02 Å². The topological polar surface area (TPSA) is 38.9 Å². The van der Waals surface area contributed by atoms with Gasteiger partial charge in [-0.2, -0.15) is 0 Å². The van der Waals surface area contributed by atoms with Gasteiger partial charge in [-0.25, -0.2) is 0 Å². The van der Waals surface area contributed by atoms with Crippen molar-refractivity contribution in [3.63, 3.8) is 0 Å². The predicted molar refractivity (Wildman–Crippen MR) is 73.5 cm³/mol. The Balaban J connectivity index is 2.83. The highest BCUT2D eigenvalue weighted by Gasteiger charge is 2.10. The molecule has 1 aromatic carbocycles. The monoisotopic (exact) mass is 248 g/mol. The lowest BCUT2D eigenvalue weighted by atomic mass is 10.0. The Bertz CT molecular complexity index is 562. The summed E-state index contributed by atoms with van der Waals surface area (Å²) < 4.78 is 0. The molecule has 17 heavy (non-hydrogen) atoms. The molecule has 2 rings (SSSR count). The van der Waals surface area contributed by atoms with Gasteiger partial charge in [-0.1, -0.05) is 31.5 Å². The van der Waals surface area contributed by atoms with E-state index in [-0.39, 0.29) is 0 Å². The van der Waals surface area contributed by atoms with Gasteiger partial charge in [0.15, 0.2) is 0 Å². The van der Waals surface area contributed by atoms with E-state index >= 15 is 0 Å². The molecule has 0 radical (unpaired) electrons. The quantitative estimate of drug-likeness (QED) is 0.879. The summed E-state index contributed by atoms with van der Waals surface area (Å²) >= 11 is 6.14. The maximum atomic E-state index is 6.14. The fraction of sp³-hybridized carbons (Fsp3) is 0.357. The van der Waals surface area contributed by atoms with Crippen molar-refractivity contribution in [1.82, 2.24) is 4.98 Å². The predicted octanol–water partition coefficient (Wildman–Crippen LogP) is 3.78. The minimum Gasteiger partial charge on any atom is -0.326 e. The number of fused-ring (bicyclic) bond motifs is 1. The fourth-order valence-electron chi connectivity index (χ4n) is 1.96. The van der Waals surface area contributed by atoms with Gasteiger partial charge in [-0.3, -0.25) is 4.98 Å². The molecule has 0 aliphatic carbocycles. The maximum absolute atomic E-state index is 6.14. The summed E-state index contributed by atoms with van der Waals surface area (Å²) in [6, 6.07) is 6.01. The zero-order chi connectivity index (χ0) is 12.6. The third-order valence-corrected chi connectivity index (χ3v) is 3.49. The molecule has 0 atom stereocenters. The molecule has 2 N–H and O–H groups in total. The molecule has 1 heterocycles. The Morgan fingerprint density at radius 1 is 1.35 bits per heavy atom. The van der Waals surface area contributed by atoms with Gasteiger partial charge < -0.3 is 5.73 Å². The minimum absolute atomic E-state index is 0.392. The van der Waals surface area contributed by atoms with Gasteiger partial charge in [0.2, 0.25) is 0 Å². The standard InChI is InChI=1S/C14H17ClN2/c1-8(2)13-6-10(7-16)11-4-5-12(15)9(3)14(11)17-13/h4-6,8H,7,16H2,1-3H3. The lowest BCUT2D eigenvalue weighted by Gasteiger charge is -2.12. The van der Waals surface area contributed by atoms with Gasteiger partial charge in [-0.15, -0.1) is 0 Å². The van der Waals surface area contributed by atoms with Crippen molar-refractivity contribution < 1.29 is 0 Å². The zero-order valence-electron chi connectivity index (χ0n) is 10.4. The van der Waals surface area contributed by atoms with Crippen LogP contribution in [0.3, 0.4) is 0 Å². The molecule has 0 fully saturated rings. The highest BCUT2D eigenvalue weighted by Crippen LogP contribution is 2.28. The summed E-state index contributed by atoms with van der Waals surface area (Å²) in [5, 5.41) is 1.87. The molecule has 3 heteroatoms. The second-order valence-corrected chi connectivity index (χ2v) is 5.04. The van der Waals surface area contributed by atoms with E-state index in [4.69, 9.17) is 22.3 Å². The van der Waals surface area contributed by atoms with Crippen LogP contribution in [0.15, 0.2) is 18.2 Å². The number of nitrogens with two attached hydrogens (primary N) is 1. The van der Waals surface area contributed by atoms with Crippen LogP contribution in [-0.4, -0.2) is 4.98 Å². The number of pyridine rings is 1. The van der Waals surface area contributed by atoms with Crippen LogP contribution in [0.4, 0.5) is 0 Å². The molecule has 0 saturated heterocycles. The Hall–Kier alpha value is -1.12. The van der Waals surface area contributed by atoms with Crippen LogP contribution >= 0.6 is 11.6 Å². The molecule has 2 nitrogen and oxygen atoms in total. The molecule has 0 unspecified atom stereocenters. The van der Waals surface area contributed by atoms with Crippen LogP contribution in [0.25, 0.3) is 10.9 Å². The van der Waals surface area contributed by atoms with E-state index in [0.29, 0.717) is 12.5 Å². The number of aromatic nitrogens is 1. The molecule has 0 saturated carbocycles. The second-order valence-electron chi connectivity index (χ2n) is 4.63. The SMILES string of the molecule is Cc1c(Cl)ccc2c(CN)cc(C(C)C)nc12. The highest BCUT2D eigenvalue weighted by atomic mass is 35.5. The number of halogens is 1. The van der Waals surface area contributed by atoms with Crippen molar-refractivity contribution in [3.8, 4) is 0 Å². The Labute approximate surface area is 107 Å². The van der Waals surface area contributed by atoms with Crippen molar-refractivity contribution in [2.24, 2.45) is 5.73 Å². The first kappa shape index (κ1) is 12.3. The Morgan fingerprint density at radius 3 is 2.65 bits per heavy atom. The summed E-state index contributed by atoms with van der Waals surface area (Å²) in [4.78, 5) is 4.70. The number of rotatable bonds is 2. The summed E-state index contributed by atoms with van der Waals surface area (Å²) in [6.07, 6.45) is 0. The molecule has 2 aromatic rings. The molecule has 90 valence electrons. The molecular formula is C14H17ClN2. The van der Waals surface area contributed by atoms with Crippen LogP contribution in [0.5, 0.6) is 0 Å². The Kier molecular flexibility index (Phi) is 3.36. The first-order valence-electron chi connectivity index (χ1n) is 5.83. The maximum Gasteiger partial charge on any atom is 0.0752 e. The van der Waals surface area contributed by atoms with Crippen LogP contribution in [-0.2, 0) is 6.54 Å². The third kappa shape index (κ3) is 2.15. The zero-order valence-corrected chi connectivity index (χ0v) is 11.2. The number of hydrogen-bond acceptors (Lipinski definition) is 2. The molecule has 0 aliphatic heterocycles. The van der Waals surface area contributed by atoms with Crippen LogP contribution < -0.4 is 5.73 Å². The van der Waals surface area contributed by atoms with Crippen molar-refractivity contribution in [1.29, 1.82) is 0 Å². The molecule has 0 bridgehead atoms. The first-order chi connectivity index (χ1) is 8.04. The van der Waals surface area contributed by atoms with Gasteiger partial charge in [0.05, 0.1) is 5.52 Å². The van der Waals surface area contributed by atoms with Gasteiger partial charge in [-0.05, 0) is 36.1 Å². The van der Waals surface area contributed by atoms with Crippen molar-refractivity contribution in [2.45, 2.75) is 33.2 Å². The smallest absolute Gasteiger partial charge is 0.0752 e. The van der Waals surface area contributed by atoms with Crippen molar-refractivity contribution in [2.75, 3.05) is 0 Å². The van der Waals surface area contributed by atoms with E-state index in [2.05, 4.69) is 19.9 Å². The number of nitrogens with zero attached hydrogens (tertiary/aromatic N) is 1. The van der Waals surface area contributed by atoms with Crippen LogP contribution in [0, 0.1) is 6.92 Å². The highest BCUT2D eigenvalue weighted by molar-refractivity contribution is 6.32. The van der Waals surface area contributed by atoms with E-state index in [1.165, 1.54) is 0 Å². The third-order valence-electron chi connectivity index (χ3n) is 3.09. The molecule has 0 aliphatic rings. The second kappa shape index (κ2) is 4.63. The molecule has 1 aromatic heterocycles. The van der Waals surface area contributed by atoms with Gasteiger partial charge >= 0.3 is 0 Å². The largest absolute Gasteiger partial charge is 0.326 e. The first-order valence-corrected chi connectivity index (χ1v) is 6.21. The van der Waals surface area contributed by atoms with E-state index < -0.39 is 0 Å². The number of aryl methyl sites for hydroxylation is 1.